The highest BCUT2D eigenvalue weighted by atomic mass is 32.2. The monoisotopic (exact) mass is 580 g/mol. The second kappa shape index (κ2) is 13.4. The summed E-state index contributed by atoms with van der Waals surface area (Å²) in [6, 6.07) is 13.7. The molecule has 0 atom stereocenters. The summed E-state index contributed by atoms with van der Waals surface area (Å²) < 4.78 is 12.5. The van der Waals surface area contributed by atoms with Crippen LogP contribution < -0.4 is 26.4 Å². The first-order valence-electron chi connectivity index (χ1n) is 12.6. The molecule has 12 heteroatoms. The number of carbonyl (C=O) groups is 2. The number of thiazole rings is 1. The Morgan fingerprint density at radius 2 is 1.80 bits per heavy atom. The molecular formula is C28H32N6O4S2. The number of carbonyl (C=O) groups excluding carboxylic acids is 2. The first kappa shape index (κ1) is 29.0. The lowest BCUT2D eigenvalue weighted by Gasteiger charge is -2.12. The number of urea groups is 1. The van der Waals surface area contributed by atoms with E-state index in [4.69, 9.17) is 14.9 Å². The van der Waals surface area contributed by atoms with E-state index < -0.39 is 6.03 Å². The second-order valence-electron chi connectivity index (χ2n) is 9.83. The van der Waals surface area contributed by atoms with Crippen LogP contribution in [0.1, 0.15) is 45.3 Å². The van der Waals surface area contributed by atoms with E-state index in [9.17, 15) is 9.59 Å². The number of amides is 3. The number of oxazole rings is 1. The third-order valence-electron chi connectivity index (χ3n) is 5.50. The molecule has 3 amide bonds. The zero-order chi connectivity index (χ0) is 28.5. The largest absolute Gasteiger partial charge is 0.494 e. The number of ether oxygens (including phenoxy) is 1. The Hall–Kier alpha value is -4.03. The van der Waals surface area contributed by atoms with Gasteiger partial charge in [-0.05, 0) is 42.8 Å². The average molecular weight is 581 g/mol. The minimum Gasteiger partial charge on any atom is -0.494 e. The number of nitrogens with zero attached hydrogens (tertiary/aromatic N) is 2. The topological polar surface area (TPSA) is 144 Å². The summed E-state index contributed by atoms with van der Waals surface area (Å²) in [6.45, 7) is 6.61. The maximum absolute atomic E-state index is 12.4. The summed E-state index contributed by atoms with van der Waals surface area (Å²) in [5.74, 6) is 2.60. The molecule has 0 bridgehead atoms. The van der Waals surface area contributed by atoms with Gasteiger partial charge in [-0.15, -0.1) is 11.8 Å². The lowest BCUT2D eigenvalue weighted by molar-refractivity contribution is -0.116. The maximum atomic E-state index is 12.4. The molecule has 0 fully saturated rings. The van der Waals surface area contributed by atoms with E-state index in [1.165, 1.54) is 11.3 Å². The molecule has 40 heavy (non-hydrogen) atoms. The lowest BCUT2D eigenvalue weighted by atomic mass is 9.94. The molecule has 2 aromatic heterocycles. The van der Waals surface area contributed by atoms with E-state index in [1.807, 2.05) is 12.1 Å². The van der Waals surface area contributed by atoms with Crippen molar-refractivity contribution in [3.05, 3.63) is 72.6 Å². The molecular weight excluding hydrogens is 548 g/mol. The van der Waals surface area contributed by atoms with Gasteiger partial charge in [-0.2, -0.15) is 0 Å². The molecule has 4 aromatic rings. The first-order chi connectivity index (χ1) is 19.2. The van der Waals surface area contributed by atoms with Gasteiger partial charge >= 0.3 is 6.03 Å². The third kappa shape index (κ3) is 8.75. The van der Waals surface area contributed by atoms with Crippen LogP contribution in [0.15, 0.2) is 69.6 Å². The standard InChI is InChI=1S/C28H32N6O4S2/c1-28(2,3)22-15-30-24(38-22)17-39-25-16-31-27(40-25)34-26(36)32-18-10-12-19(13-11-18)37-14-6-9-23(35)33-21-8-5-4-7-20(21)29/h4-5,7-8,10-13,15-16H,6,9,14,17,29H2,1-3H3,(H,33,35)(H2,31,32,34,36). The normalized spacial score (nSPS) is 11.2. The molecule has 210 valence electrons. The van der Waals surface area contributed by atoms with Gasteiger partial charge in [0.1, 0.15) is 11.5 Å². The fourth-order valence-electron chi connectivity index (χ4n) is 3.38. The van der Waals surface area contributed by atoms with Crippen LogP contribution in [-0.2, 0) is 16.0 Å². The molecule has 10 nitrogen and oxygen atoms in total. The molecule has 0 spiro atoms. The van der Waals surface area contributed by atoms with Gasteiger partial charge in [0.2, 0.25) is 11.8 Å². The Bertz CT molecular complexity index is 1430. The Morgan fingerprint density at radius 3 is 2.52 bits per heavy atom. The Kier molecular flexibility index (Phi) is 9.67. The lowest BCUT2D eigenvalue weighted by Crippen LogP contribution is -2.19. The number of benzene rings is 2. The van der Waals surface area contributed by atoms with E-state index >= 15 is 0 Å². The van der Waals surface area contributed by atoms with Crippen molar-refractivity contribution in [2.45, 2.75) is 49.0 Å². The summed E-state index contributed by atoms with van der Waals surface area (Å²) in [7, 11) is 0. The van der Waals surface area contributed by atoms with E-state index in [0.717, 1.165) is 9.97 Å². The van der Waals surface area contributed by atoms with Crippen molar-refractivity contribution >= 4 is 57.2 Å². The van der Waals surface area contributed by atoms with Crippen molar-refractivity contribution in [2.24, 2.45) is 0 Å². The number of nitrogen functional groups attached to an aromatic ring is 1. The van der Waals surface area contributed by atoms with Crippen LogP contribution in [0.2, 0.25) is 0 Å². The number of hydrogen-bond donors (Lipinski definition) is 4. The van der Waals surface area contributed by atoms with Gasteiger partial charge in [0.05, 0.1) is 40.3 Å². The van der Waals surface area contributed by atoms with E-state index in [0.29, 0.717) is 59.0 Å². The van der Waals surface area contributed by atoms with Crippen molar-refractivity contribution in [3.8, 4) is 5.75 Å². The minimum atomic E-state index is -0.396. The smallest absolute Gasteiger partial charge is 0.325 e. The summed E-state index contributed by atoms with van der Waals surface area (Å²) in [5.41, 5.74) is 7.49. The molecule has 0 aliphatic carbocycles. The summed E-state index contributed by atoms with van der Waals surface area (Å²) in [4.78, 5) is 33.1. The van der Waals surface area contributed by atoms with E-state index in [1.54, 1.807) is 60.6 Å². The molecule has 2 aromatic carbocycles. The van der Waals surface area contributed by atoms with Crippen LogP contribution in [0.25, 0.3) is 0 Å². The fourth-order valence-corrected chi connectivity index (χ4v) is 5.10. The number of thioether (sulfide) groups is 1. The predicted octanol–water partition coefficient (Wildman–Crippen LogP) is 6.74. The zero-order valence-corrected chi connectivity index (χ0v) is 24.2. The zero-order valence-electron chi connectivity index (χ0n) is 22.5. The molecule has 4 rings (SSSR count). The van der Waals surface area contributed by atoms with E-state index in [-0.39, 0.29) is 11.3 Å². The predicted molar refractivity (Wildman–Crippen MR) is 160 cm³/mol. The number of hydrogen-bond acceptors (Lipinski definition) is 9. The Morgan fingerprint density at radius 1 is 1.02 bits per heavy atom. The second-order valence-corrected chi connectivity index (χ2v) is 12.1. The van der Waals surface area contributed by atoms with Crippen molar-refractivity contribution in [2.75, 3.05) is 28.3 Å². The fraction of sp³-hybridized carbons (Fsp3) is 0.286. The number of anilines is 4. The van der Waals surface area contributed by atoms with Crippen LogP contribution >= 0.6 is 23.1 Å². The average Bonchev–Trinajstić information content (AvgIpc) is 3.57. The molecule has 0 aliphatic rings. The van der Waals surface area contributed by atoms with Gasteiger partial charge in [-0.3, -0.25) is 10.1 Å². The Labute approximate surface area is 241 Å². The first-order valence-corrected chi connectivity index (χ1v) is 14.4. The highest BCUT2D eigenvalue weighted by molar-refractivity contribution is 8.00. The molecule has 0 radical (unpaired) electrons. The van der Waals surface area contributed by atoms with Gasteiger partial charge < -0.3 is 25.5 Å². The van der Waals surface area contributed by atoms with Gasteiger partial charge in [-0.25, -0.2) is 14.8 Å². The number of aromatic nitrogens is 2. The molecule has 0 aliphatic heterocycles. The Balaban J connectivity index is 1.15. The SMILES string of the molecule is CC(C)(C)c1cnc(CSc2cnc(NC(=O)Nc3ccc(OCCCC(=O)Nc4ccccc4N)cc3)s2)o1. The van der Waals surface area contributed by atoms with E-state index in [2.05, 4.69) is 46.7 Å². The highest BCUT2D eigenvalue weighted by Gasteiger charge is 2.19. The molecule has 0 unspecified atom stereocenters. The number of nitrogens with one attached hydrogen (secondary N) is 3. The summed E-state index contributed by atoms with van der Waals surface area (Å²) in [5, 5.41) is 8.81. The minimum absolute atomic E-state index is 0.0867. The maximum Gasteiger partial charge on any atom is 0.325 e. The van der Waals surface area contributed by atoms with Crippen LogP contribution in [-0.4, -0.2) is 28.5 Å². The molecule has 0 saturated carbocycles. The van der Waals surface area contributed by atoms with Gasteiger partial charge in [0, 0.05) is 17.5 Å². The highest BCUT2D eigenvalue weighted by Crippen LogP contribution is 2.32. The van der Waals surface area contributed by atoms with Crippen LogP contribution in [0.5, 0.6) is 5.75 Å². The van der Waals surface area contributed by atoms with Crippen molar-refractivity contribution in [1.82, 2.24) is 9.97 Å². The van der Waals surface area contributed by atoms with Crippen molar-refractivity contribution in [1.29, 1.82) is 0 Å². The number of nitrogens with two attached hydrogens (primary N) is 1. The van der Waals surface area contributed by atoms with Gasteiger partial charge in [0.15, 0.2) is 5.13 Å². The number of para-hydroxylation sites is 2. The molecule has 2 heterocycles. The van der Waals surface area contributed by atoms with Crippen molar-refractivity contribution in [3.63, 3.8) is 0 Å². The number of rotatable bonds is 11. The van der Waals surface area contributed by atoms with Crippen LogP contribution in [0.3, 0.4) is 0 Å². The van der Waals surface area contributed by atoms with Crippen molar-refractivity contribution < 1.29 is 18.7 Å². The summed E-state index contributed by atoms with van der Waals surface area (Å²) >= 11 is 2.92. The molecule has 5 N–H and O–H groups in total. The van der Waals surface area contributed by atoms with Gasteiger partial charge in [0.25, 0.3) is 0 Å². The van der Waals surface area contributed by atoms with Gasteiger partial charge in [-0.1, -0.05) is 44.2 Å². The quantitative estimate of drug-likeness (QED) is 0.0867. The summed E-state index contributed by atoms with van der Waals surface area (Å²) in [6.07, 6.45) is 4.34. The molecule has 0 saturated heterocycles. The third-order valence-corrected chi connectivity index (χ3v) is 7.59. The van der Waals surface area contributed by atoms with Crippen LogP contribution in [0, 0.1) is 0 Å². The van der Waals surface area contributed by atoms with Crippen LogP contribution in [0.4, 0.5) is 27.0 Å².